The van der Waals surface area contributed by atoms with Crippen LogP contribution in [-0.2, 0) is 11.3 Å². The van der Waals surface area contributed by atoms with Crippen molar-refractivity contribution in [2.45, 2.75) is 44.2 Å². The number of nitrogen functional groups attached to an aromatic ring is 1. The Bertz CT molecular complexity index is 503. The Balaban J connectivity index is 1.62. The van der Waals surface area contributed by atoms with E-state index in [0.717, 1.165) is 25.7 Å². The molecule has 20 heavy (non-hydrogen) atoms. The van der Waals surface area contributed by atoms with Crippen LogP contribution in [-0.4, -0.2) is 49.4 Å². The number of anilines is 1. The monoisotopic (exact) mass is 279 g/mol. The smallest absolute Gasteiger partial charge is 0.244 e. The van der Waals surface area contributed by atoms with Gasteiger partial charge in [-0.15, -0.1) is 5.10 Å². The highest BCUT2D eigenvalue weighted by Crippen LogP contribution is 2.39. The summed E-state index contributed by atoms with van der Waals surface area (Å²) >= 11 is 0. The first-order chi connectivity index (χ1) is 9.57. The van der Waals surface area contributed by atoms with Crippen LogP contribution in [0, 0.1) is 5.92 Å². The highest BCUT2D eigenvalue weighted by Gasteiger charge is 2.43. The second-order valence-corrected chi connectivity index (χ2v) is 5.94. The molecule has 0 aromatic carbocycles. The predicted molar refractivity (Wildman–Crippen MR) is 72.5 cm³/mol. The van der Waals surface area contributed by atoms with Gasteiger partial charge in [0.25, 0.3) is 0 Å². The van der Waals surface area contributed by atoms with Gasteiger partial charge in [0.15, 0.2) is 0 Å². The van der Waals surface area contributed by atoms with Crippen molar-refractivity contribution in [3.63, 3.8) is 0 Å². The highest BCUT2D eigenvalue weighted by molar-refractivity contribution is 5.76. The molecule has 0 radical (unpaired) electrons. The minimum atomic E-state index is -0.549. The van der Waals surface area contributed by atoms with E-state index < -0.39 is 5.60 Å². The fourth-order valence-electron chi connectivity index (χ4n) is 3.42. The van der Waals surface area contributed by atoms with Crippen LogP contribution in [0.5, 0.6) is 0 Å². The molecular formula is C13H21N5O2. The summed E-state index contributed by atoms with van der Waals surface area (Å²) in [5, 5.41) is 14.5. The number of fused-ring (bicyclic) bond motifs is 1. The molecular weight excluding hydrogens is 258 g/mol. The molecule has 1 aliphatic carbocycles. The minimum absolute atomic E-state index is 0.0162. The number of aromatic nitrogens is 3. The third kappa shape index (κ3) is 2.49. The topological polar surface area (TPSA) is 97.3 Å². The predicted octanol–water partition coefficient (Wildman–Crippen LogP) is 0.0139. The molecule has 1 aromatic heterocycles. The molecule has 1 saturated carbocycles. The van der Waals surface area contributed by atoms with Gasteiger partial charge in [-0.3, -0.25) is 4.79 Å². The Morgan fingerprint density at radius 2 is 2.35 bits per heavy atom. The number of piperidine rings is 1. The second-order valence-electron chi connectivity index (χ2n) is 5.94. The van der Waals surface area contributed by atoms with Crippen molar-refractivity contribution in [1.82, 2.24) is 19.7 Å². The summed E-state index contributed by atoms with van der Waals surface area (Å²) in [5.41, 5.74) is 4.89. The Morgan fingerprint density at radius 1 is 1.50 bits per heavy atom. The lowest BCUT2D eigenvalue weighted by Crippen LogP contribution is -2.55. The number of likely N-dealkylation sites (tertiary alicyclic amines) is 1. The zero-order valence-electron chi connectivity index (χ0n) is 11.5. The highest BCUT2D eigenvalue weighted by atomic mass is 16.3. The summed E-state index contributed by atoms with van der Waals surface area (Å²) < 4.78 is 1.46. The molecule has 2 unspecified atom stereocenters. The zero-order valence-corrected chi connectivity index (χ0v) is 11.5. The number of hydrogen-bond acceptors (Lipinski definition) is 5. The van der Waals surface area contributed by atoms with Crippen molar-refractivity contribution in [3.05, 3.63) is 6.33 Å². The summed E-state index contributed by atoms with van der Waals surface area (Å²) in [6.07, 6.45) is 6.28. The van der Waals surface area contributed by atoms with Gasteiger partial charge in [0.1, 0.15) is 12.9 Å². The number of nitrogens with zero attached hydrogens (tertiary/aromatic N) is 4. The second kappa shape index (κ2) is 5.05. The number of carbonyl (C=O) groups excluding carboxylic acids is 1. The van der Waals surface area contributed by atoms with Gasteiger partial charge >= 0.3 is 0 Å². The van der Waals surface area contributed by atoms with Crippen LogP contribution in [0.3, 0.4) is 0 Å². The van der Waals surface area contributed by atoms with Gasteiger partial charge in [-0.2, -0.15) is 0 Å². The van der Waals surface area contributed by atoms with Gasteiger partial charge in [0.05, 0.1) is 5.60 Å². The van der Waals surface area contributed by atoms with Crippen molar-refractivity contribution >= 4 is 11.9 Å². The van der Waals surface area contributed by atoms with E-state index in [4.69, 9.17) is 5.73 Å². The minimum Gasteiger partial charge on any atom is -0.389 e. The first-order valence-corrected chi connectivity index (χ1v) is 7.22. The average Bonchev–Trinajstić information content (AvgIpc) is 2.83. The van der Waals surface area contributed by atoms with Crippen LogP contribution in [0.1, 0.15) is 32.1 Å². The molecule has 2 heterocycles. The first kappa shape index (κ1) is 13.4. The molecule has 7 heteroatoms. The van der Waals surface area contributed by atoms with E-state index in [9.17, 15) is 9.90 Å². The van der Waals surface area contributed by atoms with Crippen molar-refractivity contribution in [3.8, 4) is 0 Å². The standard InChI is InChI=1S/C13H21N5O2/c14-12-15-9-18(16-12)8-11(19)17-6-5-13(20)4-2-1-3-10(13)7-17/h9-10,20H,1-8H2,(H2,14,16). The van der Waals surface area contributed by atoms with Crippen LogP contribution < -0.4 is 5.73 Å². The molecule has 1 aliphatic heterocycles. The van der Waals surface area contributed by atoms with Crippen LogP contribution in [0.15, 0.2) is 6.33 Å². The number of nitrogens with two attached hydrogens (primary N) is 1. The number of carbonyl (C=O) groups is 1. The number of hydrogen-bond donors (Lipinski definition) is 2. The van der Waals surface area contributed by atoms with Gasteiger partial charge in [-0.1, -0.05) is 12.8 Å². The van der Waals surface area contributed by atoms with E-state index in [1.165, 1.54) is 11.0 Å². The Morgan fingerprint density at radius 3 is 3.10 bits per heavy atom. The fraction of sp³-hybridized carbons (Fsp3) is 0.769. The lowest BCUT2D eigenvalue weighted by molar-refractivity contribution is -0.144. The Hall–Kier alpha value is -1.63. The molecule has 1 aromatic rings. The molecule has 7 nitrogen and oxygen atoms in total. The average molecular weight is 279 g/mol. The molecule has 2 fully saturated rings. The van der Waals surface area contributed by atoms with E-state index >= 15 is 0 Å². The van der Waals surface area contributed by atoms with Crippen molar-refractivity contribution in [2.75, 3.05) is 18.8 Å². The van der Waals surface area contributed by atoms with Crippen LogP contribution in [0.4, 0.5) is 5.95 Å². The lowest BCUT2D eigenvalue weighted by atomic mass is 9.71. The van der Waals surface area contributed by atoms with E-state index in [0.29, 0.717) is 19.5 Å². The molecule has 0 spiro atoms. The quantitative estimate of drug-likeness (QED) is 0.795. The SMILES string of the molecule is Nc1ncn(CC(=O)N2CCC3(O)CCCCC3C2)n1. The molecule has 1 amide bonds. The van der Waals surface area contributed by atoms with Gasteiger partial charge < -0.3 is 15.7 Å². The van der Waals surface area contributed by atoms with Gasteiger partial charge in [0, 0.05) is 19.0 Å². The molecule has 3 N–H and O–H groups in total. The van der Waals surface area contributed by atoms with Gasteiger partial charge in [0.2, 0.25) is 11.9 Å². The summed E-state index contributed by atoms with van der Waals surface area (Å²) in [5.74, 6) is 0.412. The van der Waals surface area contributed by atoms with E-state index in [-0.39, 0.29) is 24.3 Å². The third-order valence-corrected chi connectivity index (χ3v) is 4.63. The summed E-state index contributed by atoms with van der Waals surface area (Å²) in [6.45, 7) is 1.44. The van der Waals surface area contributed by atoms with E-state index in [1.54, 1.807) is 0 Å². The number of aliphatic hydroxyl groups is 1. The Labute approximate surface area is 117 Å². The van der Waals surface area contributed by atoms with Crippen LogP contribution in [0.25, 0.3) is 0 Å². The third-order valence-electron chi connectivity index (χ3n) is 4.63. The molecule has 3 rings (SSSR count). The summed E-state index contributed by atoms with van der Waals surface area (Å²) in [4.78, 5) is 17.9. The summed E-state index contributed by atoms with van der Waals surface area (Å²) in [6, 6.07) is 0. The molecule has 1 saturated heterocycles. The van der Waals surface area contributed by atoms with Gasteiger partial charge in [-0.25, -0.2) is 9.67 Å². The number of rotatable bonds is 2. The summed E-state index contributed by atoms with van der Waals surface area (Å²) in [7, 11) is 0. The molecule has 110 valence electrons. The lowest BCUT2D eigenvalue weighted by Gasteiger charge is -2.47. The van der Waals surface area contributed by atoms with Crippen molar-refractivity contribution < 1.29 is 9.90 Å². The Kier molecular flexibility index (Phi) is 3.37. The first-order valence-electron chi connectivity index (χ1n) is 7.22. The largest absolute Gasteiger partial charge is 0.389 e. The van der Waals surface area contributed by atoms with E-state index in [2.05, 4.69) is 10.1 Å². The van der Waals surface area contributed by atoms with Gasteiger partial charge in [-0.05, 0) is 19.3 Å². The van der Waals surface area contributed by atoms with Crippen LogP contribution in [0.2, 0.25) is 0 Å². The maximum Gasteiger partial charge on any atom is 0.244 e. The van der Waals surface area contributed by atoms with Crippen LogP contribution >= 0.6 is 0 Å². The van der Waals surface area contributed by atoms with Crippen molar-refractivity contribution in [1.29, 1.82) is 0 Å². The maximum absolute atomic E-state index is 12.3. The normalized spacial score (nSPS) is 30.1. The molecule has 2 atom stereocenters. The fourth-order valence-corrected chi connectivity index (χ4v) is 3.42. The van der Waals surface area contributed by atoms with Crippen molar-refractivity contribution in [2.24, 2.45) is 5.92 Å². The molecule has 0 bridgehead atoms. The van der Waals surface area contributed by atoms with E-state index in [1.807, 2.05) is 4.90 Å². The number of amides is 1. The maximum atomic E-state index is 12.3. The molecule has 2 aliphatic rings. The zero-order chi connectivity index (χ0) is 14.2.